The molecule has 0 atom stereocenters. The largest absolute Gasteiger partial charge is 0.326 e. The molecular weight excluding hydrogens is 222 g/mol. The van der Waals surface area contributed by atoms with Gasteiger partial charge in [0.15, 0.2) is 0 Å². The summed E-state index contributed by atoms with van der Waals surface area (Å²) in [6.07, 6.45) is 1.97. The molecule has 0 aliphatic carbocycles. The van der Waals surface area contributed by atoms with Crippen LogP contribution in [0.3, 0.4) is 0 Å². The predicted molar refractivity (Wildman–Crippen MR) is 65.4 cm³/mol. The van der Waals surface area contributed by atoms with Gasteiger partial charge in [-0.25, -0.2) is 0 Å². The molecular formula is C12H14ClN3. The number of rotatable bonds is 3. The standard InChI is InChI=1S/C12H14ClN3/c1-9-11(6-14)8-16(15-9)7-10-4-2-3-5-12(10)13/h2-5,8H,6-7,14H2,1H3. The van der Waals surface area contributed by atoms with E-state index in [4.69, 9.17) is 17.3 Å². The van der Waals surface area contributed by atoms with Crippen molar-refractivity contribution < 1.29 is 0 Å². The first-order valence-corrected chi connectivity index (χ1v) is 5.55. The van der Waals surface area contributed by atoms with Crippen LogP contribution in [0, 0.1) is 6.92 Å². The van der Waals surface area contributed by atoms with Crippen molar-refractivity contribution in [1.29, 1.82) is 0 Å². The Kier molecular flexibility index (Phi) is 3.27. The summed E-state index contributed by atoms with van der Waals surface area (Å²) in [4.78, 5) is 0. The molecule has 0 saturated carbocycles. The highest BCUT2D eigenvalue weighted by Crippen LogP contribution is 2.16. The third kappa shape index (κ3) is 2.26. The van der Waals surface area contributed by atoms with Gasteiger partial charge >= 0.3 is 0 Å². The van der Waals surface area contributed by atoms with Crippen LogP contribution in [0.15, 0.2) is 30.5 Å². The van der Waals surface area contributed by atoms with Crippen LogP contribution in [-0.2, 0) is 13.1 Å². The summed E-state index contributed by atoms with van der Waals surface area (Å²) < 4.78 is 1.87. The molecule has 2 rings (SSSR count). The molecule has 2 aromatic rings. The normalized spacial score (nSPS) is 10.7. The van der Waals surface area contributed by atoms with E-state index in [9.17, 15) is 0 Å². The van der Waals surface area contributed by atoms with E-state index in [2.05, 4.69) is 5.10 Å². The molecule has 0 spiro atoms. The monoisotopic (exact) mass is 235 g/mol. The van der Waals surface area contributed by atoms with E-state index >= 15 is 0 Å². The second-order valence-corrected chi connectivity index (χ2v) is 4.14. The van der Waals surface area contributed by atoms with E-state index in [1.807, 2.05) is 42.1 Å². The molecule has 1 heterocycles. The third-order valence-electron chi connectivity index (χ3n) is 2.56. The lowest BCUT2D eigenvalue weighted by atomic mass is 10.2. The zero-order chi connectivity index (χ0) is 11.5. The molecule has 0 aliphatic heterocycles. The summed E-state index contributed by atoms with van der Waals surface area (Å²) in [6.45, 7) is 3.17. The summed E-state index contributed by atoms with van der Waals surface area (Å²) in [6, 6.07) is 7.78. The average Bonchev–Trinajstić information content (AvgIpc) is 2.62. The zero-order valence-corrected chi connectivity index (χ0v) is 9.91. The minimum Gasteiger partial charge on any atom is -0.326 e. The fraction of sp³-hybridized carbons (Fsp3) is 0.250. The second kappa shape index (κ2) is 4.68. The number of aromatic nitrogens is 2. The number of nitrogens with zero attached hydrogens (tertiary/aromatic N) is 2. The Morgan fingerprint density at radius 1 is 1.31 bits per heavy atom. The molecule has 0 amide bonds. The molecule has 4 heteroatoms. The molecule has 84 valence electrons. The number of hydrogen-bond acceptors (Lipinski definition) is 2. The van der Waals surface area contributed by atoms with Crippen molar-refractivity contribution >= 4 is 11.6 Å². The Bertz CT molecular complexity index is 491. The Morgan fingerprint density at radius 2 is 2.06 bits per heavy atom. The van der Waals surface area contributed by atoms with E-state index < -0.39 is 0 Å². The van der Waals surface area contributed by atoms with Crippen LogP contribution in [0.5, 0.6) is 0 Å². The van der Waals surface area contributed by atoms with Gasteiger partial charge in [0.25, 0.3) is 0 Å². The molecule has 1 aromatic heterocycles. The fourth-order valence-electron chi connectivity index (χ4n) is 1.64. The lowest BCUT2D eigenvalue weighted by molar-refractivity contribution is 0.679. The Balaban J connectivity index is 2.24. The van der Waals surface area contributed by atoms with Crippen LogP contribution in [-0.4, -0.2) is 9.78 Å². The fourth-order valence-corrected chi connectivity index (χ4v) is 1.84. The molecule has 0 radical (unpaired) electrons. The highest BCUT2D eigenvalue weighted by Gasteiger charge is 2.05. The van der Waals surface area contributed by atoms with E-state index in [0.29, 0.717) is 13.1 Å². The topological polar surface area (TPSA) is 43.8 Å². The van der Waals surface area contributed by atoms with E-state index in [1.165, 1.54) is 0 Å². The summed E-state index contributed by atoms with van der Waals surface area (Å²) in [7, 11) is 0. The second-order valence-electron chi connectivity index (χ2n) is 3.73. The van der Waals surface area contributed by atoms with E-state index in [0.717, 1.165) is 21.8 Å². The lowest BCUT2D eigenvalue weighted by Gasteiger charge is -2.03. The lowest BCUT2D eigenvalue weighted by Crippen LogP contribution is -2.01. The highest BCUT2D eigenvalue weighted by atomic mass is 35.5. The van der Waals surface area contributed by atoms with Crippen LogP contribution in [0.4, 0.5) is 0 Å². The third-order valence-corrected chi connectivity index (χ3v) is 2.93. The number of aryl methyl sites for hydroxylation is 1. The maximum absolute atomic E-state index is 6.09. The van der Waals surface area contributed by atoms with Crippen LogP contribution < -0.4 is 5.73 Å². The van der Waals surface area contributed by atoms with Gasteiger partial charge in [-0.1, -0.05) is 29.8 Å². The number of benzene rings is 1. The molecule has 0 aliphatic rings. The van der Waals surface area contributed by atoms with Crippen LogP contribution in [0.2, 0.25) is 5.02 Å². The quantitative estimate of drug-likeness (QED) is 0.888. The van der Waals surface area contributed by atoms with Crippen molar-refractivity contribution in [2.45, 2.75) is 20.0 Å². The molecule has 0 unspecified atom stereocenters. The summed E-state index contributed by atoms with van der Waals surface area (Å²) in [5, 5.41) is 5.16. The van der Waals surface area contributed by atoms with Crippen molar-refractivity contribution in [2.75, 3.05) is 0 Å². The first kappa shape index (κ1) is 11.2. The molecule has 0 bridgehead atoms. The van der Waals surface area contributed by atoms with Crippen molar-refractivity contribution in [1.82, 2.24) is 9.78 Å². The molecule has 3 nitrogen and oxygen atoms in total. The Morgan fingerprint density at radius 3 is 2.69 bits per heavy atom. The van der Waals surface area contributed by atoms with Crippen molar-refractivity contribution in [3.63, 3.8) is 0 Å². The van der Waals surface area contributed by atoms with E-state index in [1.54, 1.807) is 0 Å². The van der Waals surface area contributed by atoms with Gasteiger partial charge in [-0.3, -0.25) is 4.68 Å². The van der Waals surface area contributed by atoms with Gasteiger partial charge in [-0.2, -0.15) is 5.10 Å². The van der Waals surface area contributed by atoms with Gasteiger partial charge in [0.1, 0.15) is 0 Å². The van der Waals surface area contributed by atoms with Gasteiger partial charge in [-0.05, 0) is 18.6 Å². The Hall–Kier alpha value is -1.32. The zero-order valence-electron chi connectivity index (χ0n) is 9.15. The van der Waals surface area contributed by atoms with Crippen molar-refractivity contribution in [3.05, 3.63) is 52.3 Å². The predicted octanol–water partition coefficient (Wildman–Crippen LogP) is 2.35. The molecule has 16 heavy (non-hydrogen) atoms. The SMILES string of the molecule is Cc1nn(Cc2ccccc2Cl)cc1CN. The number of nitrogens with two attached hydrogens (primary N) is 1. The summed E-state index contributed by atoms with van der Waals surface area (Å²) in [5.74, 6) is 0. The molecule has 0 fully saturated rings. The number of halogens is 1. The van der Waals surface area contributed by atoms with Gasteiger partial charge in [0, 0.05) is 23.3 Å². The van der Waals surface area contributed by atoms with Gasteiger partial charge < -0.3 is 5.73 Å². The van der Waals surface area contributed by atoms with Crippen LogP contribution >= 0.6 is 11.6 Å². The molecule has 0 saturated heterocycles. The Labute approximate surface area is 99.8 Å². The van der Waals surface area contributed by atoms with Gasteiger partial charge in [0.05, 0.1) is 12.2 Å². The first-order chi connectivity index (χ1) is 7.70. The first-order valence-electron chi connectivity index (χ1n) is 5.17. The highest BCUT2D eigenvalue weighted by molar-refractivity contribution is 6.31. The van der Waals surface area contributed by atoms with Crippen LogP contribution in [0.1, 0.15) is 16.8 Å². The minimum atomic E-state index is 0.522. The smallest absolute Gasteiger partial charge is 0.0674 e. The minimum absolute atomic E-state index is 0.522. The van der Waals surface area contributed by atoms with Gasteiger partial charge in [0.2, 0.25) is 0 Å². The molecule has 1 aromatic carbocycles. The average molecular weight is 236 g/mol. The summed E-state index contributed by atoms with van der Waals surface area (Å²) in [5.41, 5.74) is 8.73. The molecule has 2 N–H and O–H groups in total. The van der Waals surface area contributed by atoms with Crippen molar-refractivity contribution in [2.24, 2.45) is 5.73 Å². The summed E-state index contributed by atoms with van der Waals surface area (Å²) >= 11 is 6.09. The maximum atomic E-state index is 6.09. The van der Waals surface area contributed by atoms with Crippen LogP contribution in [0.25, 0.3) is 0 Å². The van der Waals surface area contributed by atoms with E-state index in [-0.39, 0.29) is 0 Å². The van der Waals surface area contributed by atoms with Gasteiger partial charge in [-0.15, -0.1) is 0 Å². The van der Waals surface area contributed by atoms with Crippen molar-refractivity contribution in [3.8, 4) is 0 Å². The number of hydrogen-bond donors (Lipinski definition) is 1. The maximum Gasteiger partial charge on any atom is 0.0674 e.